The van der Waals surface area contributed by atoms with E-state index in [0.717, 1.165) is 38.8 Å². The Labute approximate surface area is 181 Å². The van der Waals surface area contributed by atoms with Crippen LogP contribution in [0.15, 0.2) is 30.0 Å². The van der Waals surface area contributed by atoms with Crippen molar-refractivity contribution in [2.45, 2.75) is 37.8 Å². The van der Waals surface area contributed by atoms with Crippen molar-refractivity contribution in [2.24, 2.45) is 0 Å². The molecule has 0 spiro atoms. The number of likely N-dealkylation sites (N-methyl/N-ethyl adjacent to an activating group) is 1. The van der Waals surface area contributed by atoms with E-state index in [1.54, 1.807) is 12.1 Å². The third-order valence-electron chi connectivity index (χ3n) is 6.51. The average Bonchev–Trinajstić information content (AvgIpc) is 3.36. The van der Waals surface area contributed by atoms with Crippen LogP contribution in [-0.2, 0) is 14.3 Å². The molecule has 1 aromatic rings. The molecule has 0 saturated carbocycles. The van der Waals surface area contributed by atoms with E-state index in [2.05, 4.69) is 11.9 Å². The Morgan fingerprint density at radius 1 is 1.13 bits per heavy atom. The quantitative estimate of drug-likeness (QED) is 0.388. The zero-order valence-electron chi connectivity index (χ0n) is 18.0. The van der Waals surface area contributed by atoms with Crippen molar-refractivity contribution >= 4 is 23.1 Å². The van der Waals surface area contributed by atoms with Crippen molar-refractivity contribution in [2.75, 3.05) is 40.3 Å². The van der Waals surface area contributed by atoms with Gasteiger partial charge >= 0.3 is 0 Å². The van der Waals surface area contributed by atoms with Gasteiger partial charge in [0.2, 0.25) is 0 Å². The van der Waals surface area contributed by atoms with Gasteiger partial charge in [0.15, 0.2) is 0 Å². The van der Waals surface area contributed by atoms with Gasteiger partial charge in [-0.3, -0.25) is 24.6 Å². The number of nitrogens with zero attached hydrogens (tertiary/aromatic N) is 4. The highest BCUT2D eigenvalue weighted by Crippen LogP contribution is 2.34. The topological polar surface area (TPSA) is 96.2 Å². The summed E-state index contributed by atoms with van der Waals surface area (Å²) in [6.45, 7) is 2.73. The second-order valence-corrected chi connectivity index (χ2v) is 8.53. The fraction of sp³-hybridized carbons (Fsp3) is 0.545. The van der Waals surface area contributed by atoms with Gasteiger partial charge < -0.3 is 14.5 Å². The fourth-order valence-electron chi connectivity index (χ4n) is 4.62. The minimum atomic E-state index is -0.477. The first-order valence-corrected chi connectivity index (χ1v) is 10.7. The lowest BCUT2D eigenvalue weighted by Crippen LogP contribution is -2.44. The molecule has 2 amide bonds. The SMILES string of the molecule is CN1CCC(N(C)C2=C(c3ccc([N+](=O)[O-])cc3)C(=O)N(CC3CCCO3)C2=O)CC1. The molecule has 1 atom stereocenters. The van der Waals surface area contributed by atoms with Crippen molar-refractivity contribution in [3.8, 4) is 0 Å². The van der Waals surface area contributed by atoms with E-state index in [-0.39, 0.29) is 36.2 Å². The fourth-order valence-corrected chi connectivity index (χ4v) is 4.62. The maximum Gasteiger partial charge on any atom is 0.277 e. The number of hydrogen-bond acceptors (Lipinski definition) is 7. The monoisotopic (exact) mass is 428 g/mol. The number of rotatable bonds is 6. The predicted molar refractivity (Wildman–Crippen MR) is 114 cm³/mol. The zero-order valence-corrected chi connectivity index (χ0v) is 18.0. The Morgan fingerprint density at radius 3 is 2.39 bits per heavy atom. The highest BCUT2D eigenvalue weighted by Gasteiger charge is 2.43. The van der Waals surface area contributed by atoms with Crippen LogP contribution in [-0.4, -0.2) is 83.9 Å². The number of nitro benzene ring substituents is 1. The molecule has 1 aromatic carbocycles. The van der Waals surface area contributed by atoms with Crippen LogP contribution in [0, 0.1) is 10.1 Å². The van der Waals surface area contributed by atoms with Gasteiger partial charge in [0.05, 0.1) is 23.1 Å². The standard InChI is InChI=1S/C22H28N4O5/c1-23-11-9-16(10-12-23)24(2)20-19(15-5-7-17(8-6-15)26(29)30)21(27)25(22(20)28)14-18-4-3-13-31-18/h5-8,16,18H,3-4,9-14H2,1-2H3. The van der Waals surface area contributed by atoms with Gasteiger partial charge in [-0.15, -0.1) is 0 Å². The summed E-state index contributed by atoms with van der Waals surface area (Å²) in [5.41, 5.74) is 1.17. The predicted octanol–water partition coefficient (Wildman–Crippen LogP) is 1.88. The number of benzene rings is 1. The maximum absolute atomic E-state index is 13.4. The first kappa shape index (κ1) is 21.5. The molecule has 1 unspecified atom stereocenters. The van der Waals surface area contributed by atoms with Gasteiger partial charge in [0, 0.05) is 31.8 Å². The van der Waals surface area contributed by atoms with Crippen LogP contribution in [0.3, 0.4) is 0 Å². The molecule has 3 aliphatic rings. The summed E-state index contributed by atoms with van der Waals surface area (Å²) in [6.07, 6.45) is 3.41. The normalized spacial score (nSPS) is 23.2. The molecule has 9 nitrogen and oxygen atoms in total. The third-order valence-corrected chi connectivity index (χ3v) is 6.51. The highest BCUT2D eigenvalue weighted by molar-refractivity contribution is 6.35. The first-order valence-electron chi connectivity index (χ1n) is 10.7. The van der Waals surface area contributed by atoms with Gasteiger partial charge in [0.25, 0.3) is 17.5 Å². The van der Waals surface area contributed by atoms with Gasteiger partial charge in [0.1, 0.15) is 5.70 Å². The van der Waals surface area contributed by atoms with Crippen molar-refractivity contribution in [3.63, 3.8) is 0 Å². The molecule has 0 aliphatic carbocycles. The number of non-ortho nitro benzene ring substituents is 1. The van der Waals surface area contributed by atoms with Gasteiger partial charge in [-0.1, -0.05) is 0 Å². The van der Waals surface area contributed by atoms with E-state index in [4.69, 9.17) is 4.74 Å². The Balaban J connectivity index is 1.69. The van der Waals surface area contributed by atoms with Crippen LogP contribution in [0.2, 0.25) is 0 Å². The van der Waals surface area contributed by atoms with E-state index in [9.17, 15) is 19.7 Å². The molecule has 2 saturated heterocycles. The molecule has 0 radical (unpaired) electrons. The number of hydrogen-bond donors (Lipinski definition) is 0. The number of piperidine rings is 1. The maximum atomic E-state index is 13.4. The largest absolute Gasteiger partial charge is 0.376 e. The molecule has 166 valence electrons. The molecule has 3 aliphatic heterocycles. The molecule has 0 bridgehead atoms. The highest BCUT2D eigenvalue weighted by atomic mass is 16.6. The van der Waals surface area contributed by atoms with Crippen LogP contribution in [0.1, 0.15) is 31.2 Å². The molecule has 3 heterocycles. The number of imide groups is 1. The van der Waals surface area contributed by atoms with Crippen molar-refractivity contribution < 1.29 is 19.2 Å². The molecule has 0 N–H and O–H groups in total. The van der Waals surface area contributed by atoms with Crippen LogP contribution < -0.4 is 0 Å². The van der Waals surface area contributed by atoms with Crippen LogP contribution in [0.4, 0.5) is 5.69 Å². The van der Waals surface area contributed by atoms with Crippen molar-refractivity contribution in [3.05, 3.63) is 45.6 Å². The van der Waals surface area contributed by atoms with Gasteiger partial charge in [-0.2, -0.15) is 0 Å². The van der Waals surface area contributed by atoms with E-state index in [1.165, 1.54) is 17.0 Å². The lowest BCUT2D eigenvalue weighted by Gasteiger charge is -2.36. The second-order valence-electron chi connectivity index (χ2n) is 8.53. The van der Waals surface area contributed by atoms with Gasteiger partial charge in [-0.05, 0) is 63.5 Å². The summed E-state index contributed by atoms with van der Waals surface area (Å²) in [7, 11) is 3.95. The van der Waals surface area contributed by atoms with Crippen molar-refractivity contribution in [1.29, 1.82) is 0 Å². The summed E-state index contributed by atoms with van der Waals surface area (Å²) >= 11 is 0. The van der Waals surface area contributed by atoms with E-state index in [0.29, 0.717) is 23.4 Å². The van der Waals surface area contributed by atoms with E-state index in [1.807, 2.05) is 11.9 Å². The summed E-state index contributed by atoms with van der Waals surface area (Å²) < 4.78 is 5.66. The molecular weight excluding hydrogens is 400 g/mol. The van der Waals surface area contributed by atoms with Crippen LogP contribution in [0.25, 0.3) is 5.57 Å². The van der Waals surface area contributed by atoms with Crippen LogP contribution in [0.5, 0.6) is 0 Å². The van der Waals surface area contributed by atoms with Crippen LogP contribution >= 0.6 is 0 Å². The average molecular weight is 428 g/mol. The van der Waals surface area contributed by atoms with Gasteiger partial charge in [-0.25, -0.2) is 0 Å². The number of nitro groups is 1. The molecule has 9 heteroatoms. The molecular formula is C22H28N4O5. The number of carbonyl (C=O) groups is 2. The molecule has 0 aromatic heterocycles. The summed E-state index contributed by atoms with van der Waals surface area (Å²) in [5, 5.41) is 11.0. The minimum absolute atomic E-state index is 0.0532. The summed E-state index contributed by atoms with van der Waals surface area (Å²) in [6, 6.07) is 6.00. The summed E-state index contributed by atoms with van der Waals surface area (Å²) in [5.74, 6) is -0.667. The van der Waals surface area contributed by atoms with Crippen molar-refractivity contribution in [1.82, 2.24) is 14.7 Å². The number of carbonyl (C=O) groups excluding carboxylic acids is 2. The number of ether oxygens (including phenoxy) is 1. The second kappa shape index (κ2) is 8.76. The van der Waals surface area contributed by atoms with E-state index >= 15 is 0 Å². The molecule has 2 fully saturated rings. The summed E-state index contributed by atoms with van der Waals surface area (Å²) in [4.78, 5) is 42.9. The zero-order chi connectivity index (χ0) is 22.1. The molecule has 31 heavy (non-hydrogen) atoms. The lowest BCUT2D eigenvalue weighted by molar-refractivity contribution is -0.384. The minimum Gasteiger partial charge on any atom is -0.376 e. The smallest absolute Gasteiger partial charge is 0.277 e. The first-order chi connectivity index (χ1) is 14.9. The number of amides is 2. The van der Waals surface area contributed by atoms with E-state index < -0.39 is 4.92 Å². The lowest BCUT2D eigenvalue weighted by atomic mass is 10.00. The Kier molecular flexibility index (Phi) is 6.06. The molecule has 4 rings (SSSR count). The number of likely N-dealkylation sites (tertiary alicyclic amines) is 1. The Bertz CT molecular complexity index is 899. The third kappa shape index (κ3) is 4.20. The Morgan fingerprint density at radius 2 is 1.81 bits per heavy atom. The Hall–Kier alpha value is -2.78.